The second-order valence-corrected chi connectivity index (χ2v) is 5.54. The van der Waals surface area contributed by atoms with Crippen molar-refractivity contribution in [3.8, 4) is 11.5 Å². The number of ether oxygens (including phenoxy) is 2. The van der Waals surface area contributed by atoms with Crippen LogP contribution in [0.5, 0.6) is 11.5 Å². The van der Waals surface area contributed by atoms with Gasteiger partial charge in [-0.1, -0.05) is 19.4 Å². The molecule has 4 nitrogen and oxygen atoms in total. The molecule has 0 unspecified atom stereocenters. The molecule has 24 heavy (non-hydrogen) atoms. The minimum atomic E-state index is -4.70. The second kappa shape index (κ2) is 9.34. The Hall–Kier alpha value is -1.18. The third-order valence-corrected chi connectivity index (χ3v) is 3.95. The fraction of sp³-hybridized carbons (Fsp3) is 0.625. The van der Waals surface area contributed by atoms with E-state index in [1.54, 1.807) is 6.07 Å². The van der Waals surface area contributed by atoms with E-state index in [2.05, 4.69) is 21.9 Å². The molecule has 1 aromatic rings. The molecule has 8 heteroatoms. The van der Waals surface area contributed by atoms with Gasteiger partial charge in [-0.25, -0.2) is 0 Å². The standard InChI is InChI=1S/C16H23F3N2O2.ClH/c1-3-4-14(21-9-7-20-8-10-21)13-6-5-12(11-15(13)22-2)23-16(17,18)19;/h5-6,11,14,20H,3-4,7-10H2,1-2H3;1H/t14-;/m1./s1. The molecule has 1 atom stereocenters. The molecule has 2 rings (SSSR count). The van der Waals surface area contributed by atoms with Gasteiger partial charge in [0.05, 0.1) is 7.11 Å². The predicted octanol–water partition coefficient (Wildman–Crippen LogP) is 3.76. The zero-order chi connectivity index (χ0) is 16.9. The van der Waals surface area contributed by atoms with Crippen LogP contribution in [-0.4, -0.2) is 44.6 Å². The van der Waals surface area contributed by atoms with Gasteiger partial charge in [-0.15, -0.1) is 25.6 Å². The van der Waals surface area contributed by atoms with Crippen molar-refractivity contribution in [2.75, 3.05) is 33.3 Å². The van der Waals surface area contributed by atoms with E-state index in [0.29, 0.717) is 5.75 Å². The lowest BCUT2D eigenvalue weighted by molar-refractivity contribution is -0.274. The molecule has 1 aromatic carbocycles. The first-order valence-corrected chi connectivity index (χ1v) is 7.83. The monoisotopic (exact) mass is 368 g/mol. The van der Waals surface area contributed by atoms with Crippen molar-refractivity contribution in [1.82, 2.24) is 10.2 Å². The SMILES string of the molecule is CCC[C@H](c1ccc(OC(F)(F)F)cc1OC)N1CCNCC1.Cl. The summed E-state index contributed by atoms with van der Waals surface area (Å²) in [6.45, 7) is 5.75. The number of benzene rings is 1. The first-order chi connectivity index (χ1) is 10.9. The van der Waals surface area contributed by atoms with Gasteiger partial charge in [-0.3, -0.25) is 4.90 Å². The third-order valence-electron chi connectivity index (χ3n) is 3.95. The number of nitrogens with one attached hydrogen (secondary N) is 1. The highest BCUT2D eigenvalue weighted by Crippen LogP contribution is 2.36. The molecule has 1 aliphatic heterocycles. The summed E-state index contributed by atoms with van der Waals surface area (Å²) in [6, 6.07) is 4.49. The van der Waals surface area contributed by atoms with E-state index in [-0.39, 0.29) is 24.2 Å². The molecule has 1 heterocycles. The van der Waals surface area contributed by atoms with Gasteiger partial charge in [0.15, 0.2) is 0 Å². The van der Waals surface area contributed by atoms with Crippen LogP contribution in [0.4, 0.5) is 13.2 Å². The molecule has 1 N–H and O–H groups in total. The summed E-state index contributed by atoms with van der Waals surface area (Å²) < 4.78 is 46.4. The third kappa shape index (κ3) is 5.72. The number of methoxy groups -OCH3 is 1. The van der Waals surface area contributed by atoms with Crippen LogP contribution in [0.1, 0.15) is 31.4 Å². The number of alkyl halides is 3. The lowest BCUT2D eigenvalue weighted by atomic mass is 9.98. The van der Waals surface area contributed by atoms with E-state index in [1.165, 1.54) is 19.2 Å². The number of hydrogen-bond acceptors (Lipinski definition) is 4. The number of rotatable bonds is 6. The fourth-order valence-corrected chi connectivity index (χ4v) is 2.97. The van der Waals surface area contributed by atoms with Gasteiger partial charge < -0.3 is 14.8 Å². The summed E-state index contributed by atoms with van der Waals surface area (Å²) >= 11 is 0. The Morgan fingerprint density at radius 3 is 2.46 bits per heavy atom. The first-order valence-electron chi connectivity index (χ1n) is 7.83. The largest absolute Gasteiger partial charge is 0.573 e. The number of piperazine rings is 1. The van der Waals surface area contributed by atoms with Crippen molar-refractivity contribution in [2.45, 2.75) is 32.2 Å². The molecule has 0 bridgehead atoms. The van der Waals surface area contributed by atoms with E-state index < -0.39 is 6.36 Å². The highest BCUT2D eigenvalue weighted by atomic mass is 35.5. The number of hydrogen-bond donors (Lipinski definition) is 1. The number of nitrogens with zero attached hydrogens (tertiary/aromatic N) is 1. The first kappa shape index (κ1) is 20.9. The van der Waals surface area contributed by atoms with Crippen molar-refractivity contribution >= 4 is 12.4 Å². The molecular formula is C16H24ClF3N2O2. The molecule has 0 aliphatic carbocycles. The van der Waals surface area contributed by atoms with E-state index in [1.807, 2.05) is 0 Å². The smallest absolute Gasteiger partial charge is 0.496 e. The Morgan fingerprint density at radius 2 is 1.92 bits per heavy atom. The van der Waals surface area contributed by atoms with Crippen LogP contribution in [0.15, 0.2) is 18.2 Å². The summed E-state index contributed by atoms with van der Waals surface area (Å²) in [5.74, 6) is 0.178. The molecule has 0 aromatic heterocycles. The maximum Gasteiger partial charge on any atom is 0.573 e. The molecule has 0 amide bonds. The van der Waals surface area contributed by atoms with E-state index in [4.69, 9.17) is 4.74 Å². The summed E-state index contributed by atoms with van der Waals surface area (Å²) in [5.41, 5.74) is 0.908. The van der Waals surface area contributed by atoms with Gasteiger partial charge in [0.1, 0.15) is 11.5 Å². The lowest BCUT2D eigenvalue weighted by Gasteiger charge is -2.35. The average Bonchev–Trinajstić information content (AvgIpc) is 2.52. The predicted molar refractivity (Wildman–Crippen MR) is 89.0 cm³/mol. The fourth-order valence-electron chi connectivity index (χ4n) is 2.97. The van der Waals surface area contributed by atoms with Gasteiger partial charge in [-0.2, -0.15) is 0 Å². The lowest BCUT2D eigenvalue weighted by Crippen LogP contribution is -2.45. The highest BCUT2D eigenvalue weighted by molar-refractivity contribution is 5.85. The maximum absolute atomic E-state index is 12.4. The molecule has 0 spiro atoms. The van der Waals surface area contributed by atoms with Gasteiger partial charge in [-0.05, 0) is 12.5 Å². The minimum absolute atomic E-state index is 0. The Kier molecular flexibility index (Phi) is 8.12. The quantitative estimate of drug-likeness (QED) is 0.829. The topological polar surface area (TPSA) is 33.7 Å². The molecule has 1 saturated heterocycles. The van der Waals surface area contributed by atoms with Crippen LogP contribution in [-0.2, 0) is 0 Å². The van der Waals surface area contributed by atoms with Crippen molar-refractivity contribution in [2.24, 2.45) is 0 Å². The highest BCUT2D eigenvalue weighted by Gasteiger charge is 2.32. The second-order valence-electron chi connectivity index (χ2n) is 5.54. The van der Waals surface area contributed by atoms with Gasteiger partial charge in [0.25, 0.3) is 0 Å². The van der Waals surface area contributed by atoms with Gasteiger partial charge in [0, 0.05) is 43.9 Å². The summed E-state index contributed by atoms with van der Waals surface area (Å²) in [7, 11) is 1.47. The zero-order valence-electron chi connectivity index (χ0n) is 13.9. The maximum atomic E-state index is 12.4. The molecule has 0 saturated carbocycles. The van der Waals surface area contributed by atoms with E-state index in [9.17, 15) is 13.2 Å². The van der Waals surface area contributed by atoms with Crippen LogP contribution in [0.25, 0.3) is 0 Å². The van der Waals surface area contributed by atoms with E-state index in [0.717, 1.165) is 44.6 Å². The van der Waals surface area contributed by atoms with Crippen LogP contribution in [0.2, 0.25) is 0 Å². The van der Waals surface area contributed by atoms with E-state index >= 15 is 0 Å². The van der Waals surface area contributed by atoms with Crippen LogP contribution in [0, 0.1) is 0 Å². The average molecular weight is 369 g/mol. The zero-order valence-corrected chi connectivity index (χ0v) is 14.7. The Morgan fingerprint density at radius 1 is 1.25 bits per heavy atom. The Balaban J connectivity index is 0.00000288. The van der Waals surface area contributed by atoms with Crippen LogP contribution < -0.4 is 14.8 Å². The molecule has 138 valence electrons. The molecule has 1 aliphatic rings. The van der Waals surface area contributed by atoms with Gasteiger partial charge in [0.2, 0.25) is 0 Å². The molecular weight excluding hydrogens is 345 g/mol. The van der Waals surface area contributed by atoms with Crippen LogP contribution in [0.3, 0.4) is 0 Å². The van der Waals surface area contributed by atoms with Crippen molar-refractivity contribution in [3.63, 3.8) is 0 Å². The summed E-state index contributed by atoms with van der Waals surface area (Å²) in [4.78, 5) is 2.35. The summed E-state index contributed by atoms with van der Waals surface area (Å²) in [5, 5.41) is 3.31. The van der Waals surface area contributed by atoms with Crippen LogP contribution >= 0.6 is 12.4 Å². The van der Waals surface area contributed by atoms with Crippen molar-refractivity contribution < 1.29 is 22.6 Å². The van der Waals surface area contributed by atoms with Crippen molar-refractivity contribution in [3.05, 3.63) is 23.8 Å². The van der Waals surface area contributed by atoms with Gasteiger partial charge >= 0.3 is 6.36 Å². The Bertz CT molecular complexity index is 509. The minimum Gasteiger partial charge on any atom is -0.496 e. The molecule has 0 radical (unpaired) electrons. The normalized spacial score (nSPS) is 17.0. The number of halogens is 4. The summed E-state index contributed by atoms with van der Waals surface area (Å²) in [6.07, 6.45) is -2.79. The molecule has 1 fully saturated rings. The Labute approximate surface area is 146 Å². The van der Waals surface area contributed by atoms with Crippen molar-refractivity contribution in [1.29, 1.82) is 0 Å².